The summed E-state index contributed by atoms with van der Waals surface area (Å²) in [5.41, 5.74) is 3.76. The van der Waals surface area contributed by atoms with Crippen LogP contribution in [0.4, 0.5) is 0 Å². The van der Waals surface area contributed by atoms with Gasteiger partial charge in [-0.05, 0) is 47.9 Å². The SMILES string of the molecule is COc1ccc(C(Cl)c2cc3c(s2)CCSC3)cc1C. The maximum Gasteiger partial charge on any atom is 0.121 e. The average Bonchev–Trinajstić information content (AvgIpc) is 2.90. The Bertz CT molecular complexity index is 597. The summed E-state index contributed by atoms with van der Waals surface area (Å²) in [4.78, 5) is 2.79. The number of methoxy groups -OCH3 is 1. The van der Waals surface area contributed by atoms with Crippen molar-refractivity contribution in [3.8, 4) is 5.75 Å². The first kappa shape index (κ1) is 14.3. The van der Waals surface area contributed by atoms with Gasteiger partial charge in [-0.15, -0.1) is 22.9 Å². The maximum absolute atomic E-state index is 6.68. The number of rotatable bonds is 3. The standard InChI is InChI=1S/C16H17ClOS2/c1-10-7-11(3-4-13(10)18-2)16(17)15-8-12-9-19-6-5-14(12)20-15/h3-4,7-8,16H,5-6,9H2,1-2H3. The van der Waals surface area contributed by atoms with Crippen molar-refractivity contribution in [1.82, 2.24) is 0 Å². The largest absolute Gasteiger partial charge is 0.496 e. The molecule has 4 heteroatoms. The monoisotopic (exact) mass is 324 g/mol. The van der Waals surface area contributed by atoms with E-state index in [1.165, 1.54) is 27.5 Å². The third kappa shape index (κ3) is 2.72. The van der Waals surface area contributed by atoms with E-state index < -0.39 is 0 Å². The molecule has 0 radical (unpaired) electrons. The first-order valence-electron chi connectivity index (χ1n) is 6.67. The Kier molecular flexibility index (Phi) is 4.29. The molecular formula is C16H17ClOS2. The number of benzene rings is 1. The van der Waals surface area contributed by atoms with E-state index in [4.69, 9.17) is 16.3 Å². The Morgan fingerprint density at radius 3 is 2.85 bits per heavy atom. The minimum Gasteiger partial charge on any atom is -0.496 e. The summed E-state index contributed by atoms with van der Waals surface area (Å²) in [6, 6.07) is 8.49. The molecule has 1 unspecified atom stereocenters. The fourth-order valence-electron chi connectivity index (χ4n) is 2.52. The second-order valence-electron chi connectivity index (χ2n) is 4.99. The van der Waals surface area contributed by atoms with Crippen molar-refractivity contribution < 1.29 is 4.74 Å². The van der Waals surface area contributed by atoms with Gasteiger partial charge in [0.05, 0.1) is 12.5 Å². The molecule has 0 aliphatic carbocycles. The van der Waals surface area contributed by atoms with E-state index in [9.17, 15) is 0 Å². The van der Waals surface area contributed by atoms with Gasteiger partial charge < -0.3 is 4.74 Å². The molecule has 0 saturated carbocycles. The molecule has 2 aromatic rings. The van der Waals surface area contributed by atoms with Crippen molar-refractivity contribution in [3.05, 3.63) is 50.7 Å². The number of halogens is 1. The predicted octanol–water partition coefficient (Wildman–Crippen LogP) is 5.18. The predicted molar refractivity (Wildman–Crippen MR) is 89.6 cm³/mol. The number of hydrogen-bond donors (Lipinski definition) is 0. The van der Waals surface area contributed by atoms with E-state index in [0.717, 1.165) is 22.6 Å². The fourth-order valence-corrected chi connectivity index (χ4v) is 5.23. The molecule has 0 amide bonds. The van der Waals surface area contributed by atoms with Gasteiger partial charge in [-0.25, -0.2) is 0 Å². The summed E-state index contributed by atoms with van der Waals surface area (Å²) in [6.45, 7) is 2.06. The third-order valence-electron chi connectivity index (χ3n) is 3.61. The lowest BCUT2D eigenvalue weighted by Gasteiger charge is -2.11. The number of alkyl halides is 1. The van der Waals surface area contributed by atoms with Crippen LogP contribution in [0.5, 0.6) is 5.75 Å². The lowest BCUT2D eigenvalue weighted by Crippen LogP contribution is -1.96. The Morgan fingerprint density at radius 1 is 1.30 bits per heavy atom. The summed E-state index contributed by atoms with van der Waals surface area (Å²) in [5.74, 6) is 3.29. The van der Waals surface area contributed by atoms with Crippen LogP contribution >= 0.6 is 34.7 Å². The van der Waals surface area contributed by atoms with Crippen LogP contribution in [-0.4, -0.2) is 12.9 Å². The van der Waals surface area contributed by atoms with Gasteiger partial charge in [0.2, 0.25) is 0 Å². The highest BCUT2D eigenvalue weighted by Gasteiger charge is 2.19. The summed E-state index contributed by atoms with van der Waals surface area (Å²) in [6.07, 6.45) is 1.19. The van der Waals surface area contributed by atoms with Crippen molar-refractivity contribution >= 4 is 34.7 Å². The van der Waals surface area contributed by atoms with Crippen molar-refractivity contribution in [2.24, 2.45) is 0 Å². The third-order valence-corrected chi connectivity index (χ3v) is 6.53. The molecule has 1 aromatic carbocycles. The van der Waals surface area contributed by atoms with Gasteiger partial charge in [-0.3, -0.25) is 0 Å². The molecule has 20 heavy (non-hydrogen) atoms. The van der Waals surface area contributed by atoms with Crippen LogP contribution in [0, 0.1) is 6.92 Å². The van der Waals surface area contributed by atoms with Crippen LogP contribution in [0.3, 0.4) is 0 Å². The smallest absolute Gasteiger partial charge is 0.121 e. The molecular weight excluding hydrogens is 308 g/mol. The van der Waals surface area contributed by atoms with Crippen molar-refractivity contribution in [3.63, 3.8) is 0 Å². The Balaban J connectivity index is 1.90. The van der Waals surface area contributed by atoms with Crippen LogP contribution in [0.1, 0.15) is 31.8 Å². The second kappa shape index (κ2) is 6.00. The molecule has 2 heterocycles. The molecule has 106 valence electrons. The highest BCUT2D eigenvalue weighted by Crippen LogP contribution is 2.40. The topological polar surface area (TPSA) is 9.23 Å². The first-order valence-corrected chi connectivity index (χ1v) is 9.07. The Morgan fingerprint density at radius 2 is 2.15 bits per heavy atom. The molecule has 1 atom stereocenters. The molecule has 0 spiro atoms. The quantitative estimate of drug-likeness (QED) is 0.719. The van der Waals surface area contributed by atoms with Gasteiger partial charge >= 0.3 is 0 Å². The highest BCUT2D eigenvalue weighted by molar-refractivity contribution is 7.98. The normalized spacial score (nSPS) is 15.8. The zero-order valence-corrected chi connectivity index (χ0v) is 14.0. The van der Waals surface area contributed by atoms with Crippen molar-refractivity contribution in [1.29, 1.82) is 0 Å². The van der Waals surface area contributed by atoms with Crippen molar-refractivity contribution in [2.75, 3.05) is 12.9 Å². The molecule has 1 aliphatic rings. The zero-order chi connectivity index (χ0) is 14.1. The lowest BCUT2D eigenvalue weighted by molar-refractivity contribution is 0.411. The molecule has 1 aromatic heterocycles. The van der Waals surface area contributed by atoms with Crippen LogP contribution in [0.2, 0.25) is 0 Å². The van der Waals surface area contributed by atoms with Gasteiger partial charge in [0.15, 0.2) is 0 Å². The van der Waals surface area contributed by atoms with Crippen LogP contribution in [0.25, 0.3) is 0 Å². The summed E-state index contributed by atoms with van der Waals surface area (Å²) >= 11 is 10.6. The zero-order valence-electron chi connectivity index (χ0n) is 11.6. The average molecular weight is 325 g/mol. The van der Waals surface area contributed by atoms with Crippen LogP contribution < -0.4 is 4.74 Å². The van der Waals surface area contributed by atoms with Crippen LogP contribution in [-0.2, 0) is 12.2 Å². The van der Waals surface area contributed by atoms with Gasteiger partial charge in [0.25, 0.3) is 0 Å². The molecule has 0 N–H and O–H groups in total. The number of fused-ring (bicyclic) bond motifs is 1. The minimum absolute atomic E-state index is 0.0554. The minimum atomic E-state index is -0.0554. The van der Waals surface area contributed by atoms with E-state index in [2.05, 4.69) is 25.1 Å². The van der Waals surface area contributed by atoms with Gasteiger partial charge in [0.1, 0.15) is 5.75 Å². The Hall–Kier alpha value is -0.640. The number of ether oxygens (including phenoxy) is 1. The lowest BCUT2D eigenvalue weighted by atomic mass is 10.1. The van der Waals surface area contributed by atoms with E-state index in [1.807, 2.05) is 29.2 Å². The van der Waals surface area contributed by atoms with E-state index >= 15 is 0 Å². The summed E-state index contributed by atoms with van der Waals surface area (Å²) < 4.78 is 5.31. The number of aryl methyl sites for hydroxylation is 2. The van der Waals surface area contributed by atoms with E-state index in [1.54, 1.807) is 7.11 Å². The molecule has 1 nitrogen and oxygen atoms in total. The molecule has 0 fully saturated rings. The fraction of sp³-hybridized carbons (Fsp3) is 0.375. The molecule has 3 rings (SSSR count). The van der Waals surface area contributed by atoms with Gasteiger partial charge in [-0.2, -0.15) is 11.8 Å². The number of hydrogen-bond acceptors (Lipinski definition) is 3. The Labute approximate surface area is 133 Å². The molecule has 0 bridgehead atoms. The van der Waals surface area contributed by atoms with Crippen molar-refractivity contribution in [2.45, 2.75) is 24.5 Å². The van der Waals surface area contributed by atoms with Crippen LogP contribution in [0.15, 0.2) is 24.3 Å². The highest BCUT2D eigenvalue weighted by atomic mass is 35.5. The van der Waals surface area contributed by atoms with E-state index in [0.29, 0.717) is 0 Å². The van der Waals surface area contributed by atoms with E-state index in [-0.39, 0.29) is 5.38 Å². The second-order valence-corrected chi connectivity index (χ2v) is 7.70. The maximum atomic E-state index is 6.68. The molecule has 1 aliphatic heterocycles. The summed E-state index contributed by atoms with van der Waals surface area (Å²) in [5, 5.41) is -0.0554. The van der Waals surface area contributed by atoms with Gasteiger partial charge in [0, 0.05) is 15.5 Å². The first-order chi connectivity index (χ1) is 9.69. The summed E-state index contributed by atoms with van der Waals surface area (Å²) in [7, 11) is 1.70. The van der Waals surface area contributed by atoms with Gasteiger partial charge in [-0.1, -0.05) is 12.1 Å². The molecule has 0 saturated heterocycles. The number of thiophene rings is 1. The number of thioether (sulfide) groups is 1.